The molecule has 0 radical (unpaired) electrons. The number of rotatable bonds is 6. The molecule has 26 heavy (non-hydrogen) atoms. The van der Waals surface area contributed by atoms with Crippen molar-refractivity contribution in [3.05, 3.63) is 51.9 Å². The van der Waals surface area contributed by atoms with Crippen LogP contribution in [0.25, 0.3) is 5.69 Å². The van der Waals surface area contributed by atoms with E-state index in [-0.39, 0.29) is 54.2 Å². The molecule has 134 valence electrons. The van der Waals surface area contributed by atoms with Crippen LogP contribution in [-0.2, 0) is 10.9 Å². The second-order valence-corrected chi connectivity index (χ2v) is 4.79. The van der Waals surface area contributed by atoms with Crippen LogP contribution in [0.5, 0.6) is 5.75 Å². The van der Waals surface area contributed by atoms with Crippen LogP contribution in [-0.4, -0.2) is 36.1 Å². The van der Waals surface area contributed by atoms with Gasteiger partial charge in [0.1, 0.15) is 6.61 Å². The van der Waals surface area contributed by atoms with Gasteiger partial charge in [-0.3, -0.25) is 4.79 Å². The fraction of sp³-hybridized carbons (Fsp3) is 0.267. The van der Waals surface area contributed by atoms with E-state index in [1.807, 2.05) is 0 Å². The topological polar surface area (TPSA) is 93.5 Å². The predicted octanol–water partition coefficient (Wildman–Crippen LogP) is -2.36. The summed E-state index contributed by atoms with van der Waals surface area (Å²) in [7, 11) is 1.41. The Balaban J connectivity index is 0.00000338. The molecule has 7 nitrogen and oxygen atoms in total. The number of aromatic nitrogens is 2. The van der Waals surface area contributed by atoms with Crippen LogP contribution in [0.4, 0.5) is 13.2 Å². The molecule has 2 aromatic rings. The molecule has 0 N–H and O–H groups in total. The maximum atomic E-state index is 12.6. The molecule has 11 heteroatoms. The number of nitrogens with zero attached hydrogens (tertiary/aromatic N) is 2. The minimum atomic E-state index is -4.51. The van der Waals surface area contributed by atoms with Gasteiger partial charge < -0.3 is 19.4 Å². The number of methoxy groups -OCH3 is 1. The third-order valence-electron chi connectivity index (χ3n) is 3.08. The Morgan fingerprint density at radius 1 is 1.23 bits per heavy atom. The predicted molar refractivity (Wildman–Crippen MR) is 76.5 cm³/mol. The van der Waals surface area contributed by atoms with Gasteiger partial charge in [-0.15, -0.1) is 0 Å². The average molecular weight is 380 g/mol. The summed E-state index contributed by atoms with van der Waals surface area (Å²) in [5, 5.41) is 14.6. The number of carboxylic acids is 1. The van der Waals surface area contributed by atoms with E-state index < -0.39 is 28.8 Å². The Morgan fingerprint density at radius 3 is 2.35 bits per heavy atom. The first-order valence-electron chi connectivity index (χ1n) is 6.88. The number of benzene rings is 1. The van der Waals surface area contributed by atoms with Crippen molar-refractivity contribution in [2.75, 3.05) is 20.3 Å². The zero-order valence-corrected chi connectivity index (χ0v) is 15.9. The smallest absolute Gasteiger partial charge is 0.543 e. The number of carbonyl (C=O) groups excluding carboxylic acids is 1. The van der Waals surface area contributed by atoms with Crippen LogP contribution < -0.4 is 44.8 Å². The van der Waals surface area contributed by atoms with Gasteiger partial charge >= 0.3 is 35.7 Å². The standard InChI is InChI=1S/C15H13F3N2O5.Na/c1-24-6-7-25-11-8-20(19-12(13(11)21)14(22)23)10-4-2-9(3-5-10)15(16,17)18;/h2-5,8H,6-7H2,1H3,(H,22,23);/q;+1/p-1. The Kier molecular flexibility index (Phi) is 7.82. The monoisotopic (exact) mass is 380 g/mol. The summed E-state index contributed by atoms with van der Waals surface area (Å²) in [4.78, 5) is 23.0. The van der Waals surface area contributed by atoms with Crippen molar-refractivity contribution in [3.63, 3.8) is 0 Å². The zero-order valence-electron chi connectivity index (χ0n) is 13.9. The average Bonchev–Trinajstić information content (AvgIpc) is 2.55. The van der Waals surface area contributed by atoms with Crippen molar-refractivity contribution in [1.29, 1.82) is 0 Å². The molecule has 0 aliphatic heterocycles. The molecule has 0 saturated carbocycles. The Hall–Kier alpha value is -1.88. The van der Waals surface area contributed by atoms with E-state index in [1.165, 1.54) is 7.11 Å². The molecule has 0 aliphatic rings. The van der Waals surface area contributed by atoms with Gasteiger partial charge in [0.2, 0.25) is 0 Å². The van der Waals surface area contributed by atoms with Crippen molar-refractivity contribution < 1.29 is 62.1 Å². The van der Waals surface area contributed by atoms with Crippen LogP contribution >= 0.6 is 0 Å². The third kappa shape index (κ3) is 5.31. The Bertz CT molecular complexity index is 822. The first-order chi connectivity index (χ1) is 11.7. The molecule has 0 unspecified atom stereocenters. The maximum Gasteiger partial charge on any atom is 1.00 e. The van der Waals surface area contributed by atoms with Gasteiger partial charge in [0.25, 0.3) is 5.43 Å². The van der Waals surface area contributed by atoms with Crippen LogP contribution in [0.3, 0.4) is 0 Å². The minimum Gasteiger partial charge on any atom is -0.543 e. The van der Waals surface area contributed by atoms with Crippen molar-refractivity contribution in [2.45, 2.75) is 6.18 Å². The van der Waals surface area contributed by atoms with E-state index in [1.54, 1.807) is 0 Å². The molecule has 0 fully saturated rings. The van der Waals surface area contributed by atoms with Crippen LogP contribution in [0.1, 0.15) is 16.1 Å². The summed E-state index contributed by atoms with van der Waals surface area (Å²) in [6.45, 7) is 0.109. The molecule has 0 bridgehead atoms. The number of hydrogen-bond acceptors (Lipinski definition) is 6. The summed E-state index contributed by atoms with van der Waals surface area (Å²) in [5.41, 5.74) is -2.70. The van der Waals surface area contributed by atoms with Crippen LogP contribution in [0.2, 0.25) is 0 Å². The van der Waals surface area contributed by atoms with E-state index >= 15 is 0 Å². The number of ether oxygens (including phenoxy) is 2. The third-order valence-corrected chi connectivity index (χ3v) is 3.08. The minimum absolute atomic E-state index is 0. The molecular weight excluding hydrogens is 368 g/mol. The normalized spacial score (nSPS) is 10.9. The van der Waals surface area contributed by atoms with Gasteiger partial charge in [-0.1, -0.05) is 0 Å². The maximum absolute atomic E-state index is 12.6. The second kappa shape index (κ2) is 9.17. The fourth-order valence-corrected chi connectivity index (χ4v) is 1.88. The largest absolute Gasteiger partial charge is 1.00 e. The summed E-state index contributed by atoms with van der Waals surface area (Å²) < 4.78 is 48.6. The van der Waals surface area contributed by atoms with E-state index in [0.29, 0.717) is 0 Å². The van der Waals surface area contributed by atoms with Crippen molar-refractivity contribution in [1.82, 2.24) is 9.78 Å². The molecule has 0 atom stereocenters. The number of carboxylic acid groups (broad SMARTS) is 1. The van der Waals surface area contributed by atoms with Crippen LogP contribution in [0, 0.1) is 0 Å². The molecule has 1 aromatic carbocycles. The molecule has 0 spiro atoms. The number of aromatic carboxylic acids is 1. The van der Waals surface area contributed by atoms with E-state index in [2.05, 4.69) is 5.10 Å². The summed E-state index contributed by atoms with van der Waals surface area (Å²) in [5.74, 6) is -2.17. The van der Waals surface area contributed by atoms with Gasteiger partial charge in [-0.2, -0.15) is 18.3 Å². The molecule has 0 saturated heterocycles. The molecule has 2 rings (SSSR count). The van der Waals surface area contributed by atoms with Gasteiger partial charge in [0, 0.05) is 7.11 Å². The van der Waals surface area contributed by atoms with Crippen LogP contribution in [0.15, 0.2) is 35.3 Å². The van der Waals surface area contributed by atoms with E-state index in [4.69, 9.17) is 9.47 Å². The quantitative estimate of drug-likeness (QED) is 0.411. The van der Waals surface area contributed by atoms with Crippen molar-refractivity contribution in [3.8, 4) is 11.4 Å². The number of carbonyl (C=O) groups is 1. The number of hydrogen-bond donors (Lipinski definition) is 0. The number of halogens is 3. The molecular formula is C15H12F3N2NaO5. The molecule has 1 heterocycles. The summed E-state index contributed by atoms with van der Waals surface area (Å²) in [6, 6.07) is 3.77. The summed E-state index contributed by atoms with van der Waals surface area (Å²) >= 11 is 0. The van der Waals surface area contributed by atoms with E-state index in [0.717, 1.165) is 35.1 Å². The first-order valence-corrected chi connectivity index (χ1v) is 6.88. The van der Waals surface area contributed by atoms with E-state index in [9.17, 15) is 27.9 Å². The summed E-state index contributed by atoms with van der Waals surface area (Å²) in [6.07, 6.45) is -3.44. The Labute approximate surface area is 167 Å². The molecule has 0 amide bonds. The molecule has 0 aliphatic carbocycles. The van der Waals surface area contributed by atoms with Gasteiger partial charge in [-0.05, 0) is 24.3 Å². The SMILES string of the molecule is COCCOc1cn(-c2ccc(C(F)(F)F)cc2)nc(C(=O)[O-])c1=O.[Na+]. The zero-order chi connectivity index (χ0) is 18.6. The second-order valence-electron chi connectivity index (χ2n) is 4.79. The fourth-order valence-electron chi connectivity index (χ4n) is 1.88. The van der Waals surface area contributed by atoms with Gasteiger partial charge in [-0.25, -0.2) is 4.68 Å². The Morgan fingerprint density at radius 2 is 1.85 bits per heavy atom. The number of alkyl halides is 3. The van der Waals surface area contributed by atoms with Gasteiger partial charge in [0.05, 0.1) is 30.0 Å². The van der Waals surface area contributed by atoms with Crippen molar-refractivity contribution >= 4 is 5.97 Å². The van der Waals surface area contributed by atoms with Gasteiger partial charge in [0.15, 0.2) is 11.4 Å². The first kappa shape index (κ1) is 22.2. The molecule has 1 aromatic heterocycles. The van der Waals surface area contributed by atoms with Crippen molar-refractivity contribution in [2.24, 2.45) is 0 Å².